The number of aldehydes is 1. The molecule has 2 nitrogen and oxygen atoms in total. The van der Waals surface area contributed by atoms with Gasteiger partial charge in [0, 0.05) is 10.0 Å². The third-order valence-electron chi connectivity index (χ3n) is 2.51. The van der Waals surface area contributed by atoms with Crippen LogP contribution in [0.3, 0.4) is 0 Å². The predicted molar refractivity (Wildman–Crippen MR) is 70.2 cm³/mol. The van der Waals surface area contributed by atoms with Crippen molar-refractivity contribution in [2.75, 3.05) is 0 Å². The minimum atomic E-state index is -0.651. The van der Waals surface area contributed by atoms with E-state index in [-0.39, 0.29) is 23.5 Å². The van der Waals surface area contributed by atoms with Crippen molar-refractivity contribution in [3.05, 3.63) is 63.6 Å². The molecule has 0 heterocycles. The van der Waals surface area contributed by atoms with Gasteiger partial charge >= 0.3 is 0 Å². The first-order valence-electron chi connectivity index (χ1n) is 5.42. The molecule has 19 heavy (non-hydrogen) atoms. The van der Waals surface area contributed by atoms with E-state index in [4.69, 9.17) is 4.74 Å². The van der Waals surface area contributed by atoms with E-state index in [2.05, 4.69) is 15.9 Å². The number of benzene rings is 2. The average molecular weight is 327 g/mol. The van der Waals surface area contributed by atoms with Gasteiger partial charge in [-0.15, -0.1) is 0 Å². The van der Waals surface area contributed by atoms with Crippen molar-refractivity contribution in [1.82, 2.24) is 0 Å². The second-order valence-electron chi connectivity index (χ2n) is 3.80. The summed E-state index contributed by atoms with van der Waals surface area (Å²) in [6, 6.07) is 8.50. The summed E-state index contributed by atoms with van der Waals surface area (Å²) in [7, 11) is 0. The van der Waals surface area contributed by atoms with Crippen LogP contribution in [0.15, 0.2) is 40.9 Å². The lowest BCUT2D eigenvalue weighted by Gasteiger charge is -2.10. The zero-order chi connectivity index (χ0) is 13.8. The summed E-state index contributed by atoms with van der Waals surface area (Å²) in [6.07, 6.45) is 0.496. The molecule has 0 aliphatic rings. The Balaban J connectivity index is 2.21. The van der Waals surface area contributed by atoms with Crippen LogP contribution in [-0.4, -0.2) is 6.29 Å². The fraction of sp³-hybridized carbons (Fsp3) is 0.0714. The molecule has 0 unspecified atom stereocenters. The Morgan fingerprint density at radius 2 is 1.95 bits per heavy atom. The van der Waals surface area contributed by atoms with Crippen molar-refractivity contribution in [3.63, 3.8) is 0 Å². The number of carbonyl (C=O) groups excluding carboxylic acids is 1. The number of rotatable bonds is 4. The summed E-state index contributed by atoms with van der Waals surface area (Å²) in [5, 5.41) is 0. The third kappa shape index (κ3) is 3.17. The Bertz CT molecular complexity index is 614. The Morgan fingerprint density at radius 3 is 2.63 bits per heavy atom. The summed E-state index contributed by atoms with van der Waals surface area (Å²) in [6.45, 7) is -0.152. The zero-order valence-electron chi connectivity index (χ0n) is 9.70. The van der Waals surface area contributed by atoms with Gasteiger partial charge in [-0.05, 0) is 24.3 Å². The second kappa shape index (κ2) is 5.93. The minimum absolute atomic E-state index is 0.0949. The van der Waals surface area contributed by atoms with Crippen LogP contribution in [-0.2, 0) is 6.61 Å². The highest BCUT2D eigenvalue weighted by Gasteiger charge is 2.11. The standard InChI is InChI=1S/C14H9BrF2O2/c15-11-5-4-10(13(17)6-11)8-19-14-9(7-18)2-1-3-12(14)16/h1-7H,8H2. The van der Waals surface area contributed by atoms with Gasteiger partial charge in [-0.2, -0.15) is 0 Å². The van der Waals surface area contributed by atoms with E-state index in [1.807, 2.05) is 0 Å². The van der Waals surface area contributed by atoms with E-state index in [0.717, 1.165) is 0 Å². The number of ether oxygens (including phenoxy) is 1. The Kier molecular flexibility index (Phi) is 4.27. The Morgan fingerprint density at radius 1 is 1.16 bits per heavy atom. The molecule has 0 radical (unpaired) electrons. The largest absolute Gasteiger partial charge is 0.485 e. The molecule has 2 aromatic carbocycles. The second-order valence-corrected chi connectivity index (χ2v) is 4.72. The predicted octanol–water partition coefficient (Wildman–Crippen LogP) is 4.12. The van der Waals surface area contributed by atoms with Crippen molar-refractivity contribution in [2.24, 2.45) is 0 Å². The maximum absolute atomic E-state index is 13.6. The topological polar surface area (TPSA) is 26.3 Å². The summed E-state index contributed by atoms with van der Waals surface area (Å²) < 4.78 is 32.9. The first-order valence-corrected chi connectivity index (χ1v) is 6.21. The minimum Gasteiger partial charge on any atom is -0.485 e. The summed E-state index contributed by atoms with van der Waals surface area (Å²) in [5.41, 5.74) is 0.376. The van der Waals surface area contributed by atoms with Gasteiger partial charge in [0.1, 0.15) is 12.4 Å². The van der Waals surface area contributed by atoms with E-state index in [1.165, 1.54) is 30.3 Å². The summed E-state index contributed by atoms with van der Waals surface area (Å²) >= 11 is 3.14. The third-order valence-corrected chi connectivity index (χ3v) is 3.00. The van der Waals surface area contributed by atoms with Crippen molar-refractivity contribution >= 4 is 22.2 Å². The highest BCUT2D eigenvalue weighted by atomic mass is 79.9. The smallest absolute Gasteiger partial charge is 0.165 e. The normalized spacial score (nSPS) is 10.3. The number of halogens is 3. The molecule has 0 N–H and O–H groups in total. The van der Waals surface area contributed by atoms with Crippen LogP contribution in [0.4, 0.5) is 8.78 Å². The van der Waals surface area contributed by atoms with Crippen LogP contribution in [0.25, 0.3) is 0 Å². The molecular formula is C14H9BrF2O2. The fourth-order valence-electron chi connectivity index (χ4n) is 1.56. The molecule has 0 fully saturated rings. The lowest BCUT2D eigenvalue weighted by molar-refractivity contribution is 0.111. The van der Waals surface area contributed by atoms with Gasteiger partial charge in [-0.25, -0.2) is 8.78 Å². The zero-order valence-corrected chi connectivity index (χ0v) is 11.3. The van der Waals surface area contributed by atoms with Crippen molar-refractivity contribution in [1.29, 1.82) is 0 Å². The first kappa shape index (κ1) is 13.7. The Labute approximate surface area is 117 Å². The number of carbonyl (C=O) groups is 1. The fourth-order valence-corrected chi connectivity index (χ4v) is 1.89. The van der Waals surface area contributed by atoms with Crippen molar-refractivity contribution in [2.45, 2.75) is 6.61 Å². The molecule has 0 bridgehead atoms. The molecule has 0 saturated carbocycles. The van der Waals surface area contributed by atoms with Gasteiger partial charge in [-0.1, -0.05) is 28.1 Å². The molecule has 0 saturated heterocycles. The number of hydrogen-bond donors (Lipinski definition) is 0. The van der Waals surface area contributed by atoms with Gasteiger partial charge in [0.2, 0.25) is 0 Å². The molecule has 0 atom stereocenters. The number of para-hydroxylation sites is 1. The molecule has 0 aromatic heterocycles. The van der Waals surface area contributed by atoms with Gasteiger partial charge in [0.15, 0.2) is 17.9 Å². The lowest BCUT2D eigenvalue weighted by Crippen LogP contribution is -2.02. The van der Waals surface area contributed by atoms with Gasteiger partial charge in [-0.3, -0.25) is 4.79 Å². The molecular weight excluding hydrogens is 318 g/mol. The van der Waals surface area contributed by atoms with Gasteiger partial charge < -0.3 is 4.74 Å². The SMILES string of the molecule is O=Cc1cccc(F)c1OCc1ccc(Br)cc1F. The lowest BCUT2D eigenvalue weighted by atomic mass is 10.2. The molecule has 5 heteroatoms. The summed E-state index contributed by atoms with van der Waals surface area (Å²) in [5.74, 6) is -1.28. The molecule has 2 aromatic rings. The molecule has 98 valence electrons. The monoisotopic (exact) mass is 326 g/mol. The van der Waals surface area contributed by atoms with E-state index in [9.17, 15) is 13.6 Å². The van der Waals surface area contributed by atoms with Crippen molar-refractivity contribution < 1.29 is 18.3 Å². The highest BCUT2D eigenvalue weighted by molar-refractivity contribution is 9.10. The van der Waals surface area contributed by atoms with E-state index < -0.39 is 11.6 Å². The molecule has 0 amide bonds. The van der Waals surface area contributed by atoms with Crippen LogP contribution >= 0.6 is 15.9 Å². The first-order chi connectivity index (χ1) is 9.11. The van der Waals surface area contributed by atoms with E-state index in [0.29, 0.717) is 10.8 Å². The average Bonchev–Trinajstić information content (AvgIpc) is 2.39. The molecule has 0 aliphatic heterocycles. The molecule has 2 rings (SSSR count). The van der Waals surface area contributed by atoms with E-state index >= 15 is 0 Å². The van der Waals surface area contributed by atoms with Crippen LogP contribution < -0.4 is 4.74 Å². The maximum Gasteiger partial charge on any atom is 0.165 e. The van der Waals surface area contributed by atoms with Crippen molar-refractivity contribution in [3.8, 4) is 5.75 Å². The van der Waals surface area contributed by atoms with Crippen LogP contribution in [0.2, 0.25) is 0 Å². The number of hydrogen-bond acceptors (Lipinski definition) is 2. The van der Waals surface area contributed by atoms with Crippen LogP contribution in [0.1, 0.15) is 15.9 Å². The molecule has 0 spiro atoms. The molecule has 0 aliphatic carbocycles. The summed E-state index contributed by atoms with van der Waals surface area (Å²) in [4.78, 5) is 10.8. The van der Waals surface area contributed by atoms with Crippen LogP contribution in [0, 0.1) is 11.6 Å². The van der Waals surface area contributed by atoms with E-state index in [1.54, 1.807) is 6.07 Å². The van der Waals surface area contributed by atoms with Gasteiger partial charge in [0.05, 0.1) is 5.56 Å². The Hall–Kier alpha value is -1.75. The maximum atomic E-state index is 13.6. The van der Waals surface area contributed by atoms with Crippen LogP contribution in [0.5, 0.6) is 5.75 Å². The van der Waals surface area contributed by atoms with Gasteiger partial charge in [0.25, 0.3) is 0 Å². The highest BCUT2D eigenvalue weighted by Crippen LogP contribution is 2.23. The quantitative estimate of drug-likeness (QED) is 0.790.